The number of carbonyl (C=O) groups excluding carboxylic acids is 2. The molecule has 0 bridgehead atoms. The van der Waals surface area contributed by atoms with Crippen LogP contribution in [0.25, 0.3) is 0 Å². The van der Waals surface area contributed by atoms with Crippen molar-refractivity contribution in [2.24, 2.45) is 11.5 Å². The molecule has 0 aromatic carbocycles. The Kier molecular flexibility index (Phi) is 2.67. The van der Waals surface area contributed by atoms with Gasteiger partial charge < -0.3 is 16.4 Å². The molecule has 2 amide bonds. The lowest BCUT2D eigenvalue weighted by Crippen LogP contribution is -2.36. The highest BCUT2D eigenvalue weighted by atomic mass is 16.2. The third-order valence-electron chi connectivity index (χ3n) is 2.06. The summed E-state index contributed by atoms with van der Waals surface area (Å²) in [4.78, 5) is 23.5. The number of carbonyl (C=O) groups is 2. The van der Waals surface area contributed by atoms with Gasteiger partial charge in [0.1, 0.15) is 0 Å². The molecule has 5 nitrogen and oxygen atoms in total. The lowest BCUT2D eigenvalue weighted by atomic mass is 10.2. The Bertz CT molecular complexity index is 273. The van der Waals surface area contributed by atoms with Gasteiger partial charge in [-0.3, -0.25) is 9.59 Å². The molecule has 0 aliphatic carbocycles. The Morgan fingerprint density at radius 1 is 1.77 bits per heavy atom. The van der Waals surface area contributed by atoms with Crippen LogP contribution in [0.2, 0.25) is 0 Å². The van der Waals surface area contributed by atoms with E-state index in [1.54, 1.807) is 0 Å². The molecule has 0 spiro atoms. The van der Waals surface area contributed by atoms with Crippen molar-refractivity contribution in [2.75, 3.05) is 6.54 Å². The maximum atomic E-state index is 11.3. The summed E-state index contributed by atoms with van der Waals surface area (Å²) in [6.45, 7) is 2.19. The maximum Gasteiger partial charge on any atom is 0.246 e. The van der Waals surface area contributed by atoms with E-state index in [2.05, 4.69) is 0 Å². The summed E-state index contributed by atoms with van der Waals surface area (Å²) >= 11 is 0. The predicted octanol–water partition coefficient (Wildman–Crippen LogP) is -1.06. The van der Waals surface area contributed by atoms with E-state index in [0.717, 1.165) is 0 Å². The second-order valence-electron chi connectivity index (χ2n) is 3.08. The normalized spacial score (nSPS) is 18.8. The van der Waals surface area contributed by atoms with Crippen LogP contribution in [0.1, 0.15) is 13.3 Å². The standard InChI is InChI=1S/C8H13N3O2/c1-5(3-9)11-4-6(8(10)13)2-7(11)12/h4-5H,2-3,9H2,1H3,(H2,10,13). The highest BCUT2D eigenvalue weighted by Gasteiger charge is 2.27. The van der Waals surface area contributed by atoms with Gasteiger partial charge in [0.2, 0.25) is 11.8 Å². The molecule has 0 aromatic rings. The van der Waals surface area contributed by atoms with Crippen molar-refractivity contribution >= 4 is 11.8 Å². The number of primary amides is 1. The van der Waals surface area contributed by atoms with Crippen LogP contribution in [-0.4, -0.2) is 29.3 Å². The summed E-state index contributed by atoms with van der Waals surface area (Å²) in [5.41, 5.74) is 10.8. The molecule has 1 aliphatic rings. The van der Waals surface area contributed by atoms with Crippen molar-refractivity contribution in [3.05, 3.63) is 11.8 Å². The first kappa shape index (κ1) is 9.73. The molecule has 0 aromatic heterocycles. The number of nitrogens with two attached hydrogens (primary N) is 2. The third kappa shape index (κ3) is 1.86. The van der Waals surface area contributed by atoms with Crippen molar-refractivity contribution in [1.82, 2.24) is 4.90 Å². The lowest BCUT2D eigenvalue weighted by Gasteiger charge is -2.20. The van der Waals surface area contributed by atoms with Gasteiger partial charge in [0.15, 0.2) is 0 Å². The van der Waals surface area contributed by atoms with Crippen LogP contribution < -0.4 is 11.5 Å². The zero-order valence-corrected chi connectivity index (χ0v) is 7.49. The van der Waals surface area contributed by atoms with Gasteiger partial charge in [0.25, 0.3) is 0 Å². The van der Waals surface area contributed by atoms with Gasteiger partial charge in [-0.05, 0) is 6.92 Å². The monoisotopic (exact) mass is 183 g/mol. The second kappa shape index (κ2) is 3.57. The first-order chi connectivity index (χ1) is 6.06. The zero-order chi connectivity index (χ0) is 10.0. The van der Waals surface area contributed by atoms with Gasteiger partial charge in [-0.25, -0.2) is 0 Å². The maximum absolute atomic E-state index is 11.3. The molecule has 13 heavy (non-hydrogen) atoms. The molecular formula is C8H13N3O2. The van der Waals surface area contributed by atoms with Crippen LogP contribution in [0.5, 0.6) is 0 Å². The number of hydrogen-bond acceptors (Lipinski definition) is 3. The molecule has 0 saturated carbocycles. The summed E-state index contributed by atoms with van der Waals surface area (Å²) in [5.74, 6) is -0.660. The van der Waals surface area contributed by atoms with Crippen molar-refractivity contribution in [3.63, 3.8) is 0 Å². The van der Waals surface area contributed by atoms with E-state index in [9.17, 15) is 9.59 Å². The predicted molar refractivity (Wildman–Crippen MR) is 47.3 cm³/mol. The molecule has 4 N–H and O–H groups in total. The largest absolute Gasteiger partial charge is 0.366 e. The minimum atomic E-state index is -0.542. The summed E-state index contributed by atoms with van der Waals surface area (Å²) in [5, 5.41) is 0. The molecule has 0 fully saturated rings. The number of nitrogens with zero attached hydrogens (tertiary/aromatic N) is 1. The van der Waals surface area contributed by atoms with Crippen LogP contribution in [0, 0.1) is 0 Å². The summed E-state index contributed by atoms with van der Waals surface area (Å²) in [7, 11) is 0. The van der Waals surface area contributed by atoms with Gasteiger partial charge in [-0.1, -0.05) is 0 Å². The van der Waals surface area contributed by atoms with E-state index < -0.39 is 5.91 Å². The van der Waals surface area contributed by atoms with Crippen LogP contribution in [0.3, 0.4) is 0 Å². The number of amides is 2. The van der Waals surface area contributed by atoms with Gasteiger partial charge in [0, 0.05) is 24.4 Å². The molecule has 1 unspecified atom stereocenters. The van der Waals surface area contributed by atoms with Crippen LogP contribution >= 0.6 is 0 Å². The second-order valence-corrected chi connectivity index (χ2v) is 3.08. The first-order valence-corrected chi connectivity index (χ1v) is 4.08. The average molecular weight is 183 g/mol. The fraction of sp³-hybridized carbons (Fsp3) is 0.500. The van der Waals surface area contributed by atoms with Crippen LogP contribution in [0.4, 0.5) is 0 Å². The molecule has 1 rings (SSSR count). The van der Waals surface area contributed by atoms with Crippen molar-refractivity contribution in [2.45, 2.75) is 19.4 Å². The third-order valence-corrected chi connectivity index (χ3v) is 2.06. The van der Waals surface area contributed by atoms with E-state index in [4.69, 9.17) is 11.5 Å². The SMILES string of the molecule is CC(CN)N1C=C(C(N)=O)CC1=O. The highest BCUT2D eigenvalue weighted by molar-refractivity contribution is 6.00. The summed E-state index contributed by atoms with van der Waals surface area (Å²) in [6, 6.07) is -0.0793. The van der Waals surface area contributed by atoms with E-state index in [0.29, 0.717) is 12.1 Å². The Labute approximate surface area is 76.4 Å². The van der Waals surface area contributed by atoms with Crippen molar-refractivity contribution in [1.29, 1.82) is 0 Å². The Morgan fingerprint density at radius 2 is 2.38 bits per heavy atom. The summed E-state index contributed by atoms with van der Waals surface area (Å²) in [6.07, 6.45) is 1.59. The van der Waals surface area contributed by atoms with Crippen molar-refractivity contribution < 1.29 is 9.59 Å². The topological polar surface area (TPSA) is 89.4 Å². The van der Waals surface area contributed by atoms with E-state index in [1.807, 2.05) is 6.92 Å². The van der Waals surface area contributed by atoms with E-state index in [-0.39, 0.29) is 18.4 Å². The van der Waals surface area contributed by atoms with E-state index >= 15 is 0 Å². The number of hydrogen-bond donors (Lipinski definition) is 2. The molecule has 1 aliphatic heterocycles. The minimum absolute atomic E-state index is 0.0793. The van der Waals surface area contributed by atoms with Gasteiger partial charge in [-0.2, -0.15) is 0 Å². The molecular weight excluding hydrogens is 170 g/mol. The molecule has 1 heterocycles. The summed E-state index contributed by atoms with van der Waals surface area (Å²) < 4.78 is 0. The van der Waals surface area contributed by atoms with E-state index in [1.165, 1.54) is 11.1 Å². The molecule has 5 heteroatoms. The zero-order valence-electron chi connectivity index (χ0n) is 7.49. The Hall–Kier alpha value is -1.36. The first-order valence-electron chi connectivity index (χ1n) is 4.08. The van der Waals surface area contributed by atoms with Crippen molar-refractivity contribution in [3.8, 4) is 0 Å². The Balaban J connectivity index is 2.77. The fourth-order valence-corrected chi connectivity index (χ4v) is 1.18. The van der Waals surface area contributed by atoms with Crippen LogP contribution in [-0.2, 0) is 9.59 Å². The smallest absolute Gasteiger partial charge is 0.246 e. The molecule has 0 radical (unpaired) electrons. The van der Waals surface area contributed by atoms with Gasteiger partial charge in [0.05, 0.1) is 6.42 Å². The Morgan fingerprint density at radius 3 is 2.77 bits per heavy atom. The lowest BCUT2D eigenvalue weighted by molar-refractivity contribution is -0.128. The fourth-order valence-electron chi connectivity index (χ4n) is 1.18. The van der Waals surface area contributed by atoms with Gasteiger partial charge in [-0.15, -0.1) is 0 Å². The quantitative estimate of drug-likeness (QED) is 0.584. The average Bonchev–Trinajstić information content (AvgIpc) is 2.46. The molecule has 1 atom stereocenters. The number of rotatable bonds is 3. The van der Waals surface area contributed by atoms with Crippen LogP contribution in [0.15, 0.2) is 11.8 Å². The molecule has 72 valence electrons. The minimum Gasteiger partial charge on any atom is -0.366 e. The highest BCUT2D eigenvalue weighted by Crippen LogP contribution is 2.17. The molecule has 0 saturated heterocycles. The van der Waals surface area contributed by atoms with Gasteiger partial charge >= 0.3 is 0 Å².